The fourth-order valence-electron chi connectivity index (χ4n) is 0.136. The van der Waals surface area contributed by atoms with Crippen molar-refractivity contribution in [3.8, 4) is 0 Å². The first-order valence-corrected chi connectivity index (χ1v) is 9.38. The van der Waals surface area contributed by atoms with E-state index in [2.05, 4.69) is 8.62 Å². The van der Waals surface area contributed by atoms with Crippen LogP contribution < -0.4 is 138 Å². The van der Waals surface area contributed by atoms with Gasteiger partial charge < -0.3 is 42.9 Å². The number of rotatable bonds is 5. The van der Waals surface area contributed by atoms with Crippen molar-refractivity contribution < 1.29 is 170 Å². The van der Waals surface area contributed by atoms with E-state index in [0.717, 1.165) is 0 Å². The van der Waals surface area contributed by atoms with Crippen molar-refractivity contribution in [1.82, 2.24) is 0 Å². The predicted octanol–water partition coefficient (Wildman–Crippen LogP) is -14.2. The summed E-state index contributed by atoms with van der Waals surface area (Å²) in [6, 6.07) is 0. The quantitative estimate of drug-likeness (QED) is 0.216. The monoisotopic (exact) mass is 494 g/mol. The Morgan fingerprint density at radius 2 is 0.870 bits per heavy atom. The zero-order valence-electron chi connectivity index (χ0n) is 12.6. The van der Waals surface area contributed by atoms with Crippen molar-refractivity contribution in [2.24, 2.45) is 0 Å². The molecule has 0 spiro atoms. The van der Waals surface area contributed by atoms with E-state index in [9.17, 15) is 37.8 Å². The van der Waals surface area contributed by atoms with Crippen LogP contribution in [0.3, 0.4) is 0 Å². The molecule has 4 unspecified atom stereocenters. The van der Waals surface area contributed by atoms with Gasteiger partial charge in [0.25, 0.3) is 0 Å². The Balaban J connectivity index is -0.0000000311. The summed E-state index contributed by atoms with van der Waals surface area (Å²) in [7, 11) is -14.1. The molecule has 0 bridgehead atoms. The second-order valence-corrected chi connectivity index (χ2v) is 6.69. The normalized spacial score (nSPS) is 13.4. The molecule has 0 aliphatic heterocycles. The molecule has 0 aromatic heterocycles. The minimum atomic E-state index is -3.51. The van der Waals surface area contributed by atoms with Crippen molar-refractivity contribution in [1.29, 1.82) is 0 Å². The average molecular weight is 495 g/mol. The van der Waals surface area contributed by atoms with Crippen LogP contribution in [-0.4, -0.2) is 16.5 Å². The Kier molecular flexibility index (Phi) is 70.1. The smallest absolute Gasteiger partial charge is 0.781 e. The van der Waals surface area contributed by atoms with E-state index in [1.54, 1.807) is 0 Å². The van der Waals surface area contributed by atoms with Crippen LogP contribution in [0.1, 0.15) is 0 Å². The van der Waals surface area contributed by atoms with E-state index in [1.807, 2.05) is 0 Å². The fraction of sp³-hybridized carbons (Fsp3) is 1.00. The summed E-state index contributed by atoms with van der Waals surface area (Å²) in [5.41, 5.74) is 0. The molecule has 0 heterocycles. The van der Waals surface area contributed by atoms with Gasteiger partial charge in [0, 0.05) is 0 Å². The van der Waals surface area contributed by atoms with E-state index in [4.69, 9.17) is 28.3 Å². The van der Waals surface area contributed by atoms with Gasteiger partial charge in [0.1, 0.15) is 37.9 Å². The van der Waals surface area contributed by atoms with E-state index in [1.165, 1.54) is 0 Å². The van der Waals surface area contributed by atoms with E-state index >= 15 is 0 Å². The number of aliphatic hydroxyl groups excluding tert-OH is 1. The molecule has 0 saturated heterocycles. The van der Waals surface area contributed by atoms with Crippen LogP contribution in [0.2, 0.25) is 0 Å². The molecule has 11 nitrogen and oxygen atoms in total. The number of hydrogen-bond acceptors (Lipinski definition) is 11. The molecule has 0 saturated carbocycles. The first kappa shape index (κ1) is 46.4. The molecule has 0 amide bonds. The zero-order chi connectivity index (χ0) is 16.0. The van der Waals surface area contributed by atoms with Crippen LogP contribution in [0.5, 0.6) is 0 Å². The summed E-state index contributed by atoms with van der Waals surface area (Å²) in [6.07, 6.45) is 0. The molecule has 21 heteroatoms. The minimum Gasteiger partial charge on any atom is -0.781 e. The largest absolute Gasteiger partial charge is 1.00 e. The van der Waals surface area contributed by atoms with Crippen molar-refractivity contribution in [2.45, 2.75) is 4.84 Å². The van der Waals surface area contributed by atoms with Crippen LogP contribution in [0, 0.1) is 0 Å². The maximum atomic E-state index is 9.29. The molecule has 0 fully saturated rings. The number of halogens is 2. The van der Waals surface area contributed by atoms with Crippen molar-refractivity contribution in [3.63, 3.8) is 0 Å². The van der Waals surface area contributed by atoms with Crippen molar-refractivity contribution in [2.75, 3.05) is 6.61 Å². The molecular weight excluding hydrogens is 487 g/mol. The maximum absolute atomic E-state index is 9.29. The van der Waals surface area contributed by atoms with Crippen LogP contribution in [0.4, 0.5) is 0 Å². The summed E-state index contributed by atoms with van der Waals surface area (Å²) >= 11 is 9.96. The maximum Gasteiger partial charge on any atom is 1.00 e. The van der Waals surface area contributed by atoms with Crippen molar-refractivity contribution >= 4 is 56.2 Å². The summed E-state index contributed by atoms with van der Waals surface area (Å²) < 4.78 is 43.6. The molecule has 0 aliphatic carbocycles. The van der Waals surface area contributed by atoms with Gasteiger partial charge in [-0.15, -0.1) is 23.2 Å². The molecule has 23 heavy (non-hydrogen) atoms. The van der Waals surface area contributed by atoms with Crippen LogP contribution >= 0.6 is 56.2 Å². The third kappa shape index (κ3) is 74.7. The van der Waals surface area contributed by atoms with Gasteiger partial charge in [0.05, 0.1) is 6.61 Å². The Bertz CT molecular complexity index is 272. The Morgan fingerprint density at radius 1 is 0.739 bits per heavy atom. The minimum absolute atomic E-state index is 0. The second-order valence-electron chi connectivity index (χ2n) is 1.78. The van der Waals surface area contributed by atoms with E-state index in [0.29, 0.717) is 0 Å². The number of hydrogen-bond donors (Lipinski definition) is 1. The number of aliphatic hydroxyl groups is 1. The van der Waals surface area contributed by atoms with Gasteiger partial charge >= 0.3 is 118 Å². The summed E-state index contributed by atoms with van der Waals surface area (Å²) in [6.45, 7) is -0.164. The first-order valence-electron chi connectivity index (χ1n) is 3.61. The van der Waals surface area contributed by atoms with Gasteiger partial charge in [-0.05, 0) is 0 Å². The second kappa shape index (κ2) is 34.7. The molecule has 0 rings (SSSR count). The van der Waals surface area contributed by atoms with Gasteiger partial charge in [-0.2, -0.15) is 0 Å². The molecular formula is C2H8Cl2Na4O11P4. The zero-order valence-corrected chi connectivity index (χ0v) is 26.1. The molecule has 0 radical (unpaired) electrons. The Hall–Kier alpha value is 5.22. The van der Waals surface area contributed by atoms with E-state index in [-0.39, 0.29) is 125 Å². The topological polar surface area (TPSA) is 199 Å². The van der Waals surface area contributed by atoms with Gasteiger partial charge in [-0.1, -0.05) is 0 Å². The standard InChI is InChI=1S/C2H4Cl2O.4Na.2H4O5P2/c3-2(4)1-5;;;;;2*1-6(2)5-7(3)4/h2,5H,1H2;;;;;2*6-7H,(H,1,2)(H,3,4)/q;4*+1;;/p-4. The third-order valence-electron chi connectivity index (χ3n) is 0.471. The van der Waals surface area contributed by atoms with Gasteiger partial charge in [-0.25, -0.2) is 0 Å². The van der Waals surface area contributed by atoms with Crippen LogP contribution in [-0.2, 0) is 26.9 Å². The summed E-state index contributed by atoms with van der Waals surface area (Å²) in [5, 5.41) is 7.88. The SMILES string of the molecule is O=[PH]([O-])O[PH](=O)[O-].O=[PH]([O-])O[PH](=O)[O-].OCC(Cl)Cl.[Na+].[Na+].[Na+].[Na+]. The van der Waals surface area contributed by atoms with Gasteiger partial charge in [-0.3, -0.25) is 8.62 Å². The van der Waals surface area contributed by atoms with Gasteiger partial charge in [0.15, 0.2) is 0 Å². The summed E-state index contributed by atoms with van der Waals surface area (Å²) in [4.78, 5) is 36.5. The van der Waals surface area contributed by atoms with Crippen molar-refractivity contribution in [3.05, 3.63) is 0 Å². The average Bonchev–Trinajstić information content (AvgIpc) is 2.14. The third-order valence-corrected chi connectivity index (χ3v) is 3.41. The fourth-order valence-corrected chi connectivity index (χ4v) is 1.22. The molecule has 120 valence electrons. The predicted molar refractivity (Wildman–Crippen MR) is 60.8 cm³/mol. The molecule has 0 aliphatic rings. The molecule has 1 N–H and O–H groups in total. The van der Waals surface area contributed by atoms with Crippen LogP contribution in [0.15, 0.2) is 0 Å². The first-order chi connectivity index (χ1) is 8.52. The Morgan fingerprint density at radius 3 is 0.870 bits per heavy atom. The molecule has 4 atom stereocenters. The summed E-state index contributed by atoms with van der Waals surface area (Å²) in [5.74, 6) is 0. The van der Waals surface area contributed by atoms with Gasteiger partial charge in [0.2, 0.25) is 0 Å². The molecule has 0 aromatic carbocycles. The number of alkyl halides is 2. The Labute approximate surface area is 233 Å². The van der Waals surface area contributed by atoms with E-state index < -0.39 is 37.9 Å². The molecule has 0 aromatic rings. The van der Waals surface area contributed by atoms with Crippen LogP contribution in [0.25, 0.3) is 0 Å².